The maximum absolute atomic E-state index is 11.7. The van der Waals surface area contributed by atoms with Gasteiger partial charge in [-0.1, -0.05) is 48.0 Å². The van der Waals surface area contributed by atoms with Gasteiger partial charge in [-0.05, 0) is 43.5 Å². The maximum atomic E-state index is 11.7. The first-order chi connectivity index (χ1) is 24.3. The van der Waals surface area contributed by atoms with Gasteiger partial charge in [-0.3, -0.25) is 14.6 Å². The molecule has 0 bridgehead atoms. The number of ether oxygens (including phenoxy) is 3. The standard InChI is InChI=1S/C37H39ClN6O6/c1-48-32-17-33(41-36(50-3)28(32)21-42-16-14-23(45)20-42)44-30-10-5-7-24(27(30)18-39-44)25-8-4-9-26(34(25)38)29-13-12-22(35(40-29)49-2)19-43-15-6-11-31(43)37(46)47/h4-5,7-10,12-13,17-18,23,31,45H,6,11,14-16,19-21H2,1-3H3,(H,46,47)/t23-,31+/m1/s1. The minimum atomic E-state index is -0.807. The van der Waals surface area contributed by atoms with Gasteiger partial charge >= 0.3 is 5.97 Å². The van der Waals surface area contributed by atoms with Gasteiger partial charge in [0.2, 0.25) is 11.8 Å². The van der Waals surface area contributed by atoms with Crippen molar-refractivity contribution in [3.8, 4) is 45.7 Å². The van der Waals surface area contributed by atoms with Crippen LogP contribution in [-0.2, 0) is 17.9 Å². The van der Waals surface area contributed by atoms with Crippen molar-refractivity contribution in [1.82, 2.24) is 29.5 Å². The number of aliphatic carboxylic acids is 1. The number of carboxylic acids is 1. The fourth-order valence-corrected chi connectivity index (χ4v) is 7.46. The van der Waals surface area contributed by atoms with Crippen molar-refractivity contribution >= 4 is 28.5 Å². The topological polar surface area (TPSA) is 135 Å². The lowest BCUT2D eigenvalue weighted by Gasteiger charge is -2.22. The molecule has 50 heavy (non-hydrogen) atoms. The smallest absolute Gasteiger partial charge is 0.320 e. The summed E-state index contributed by atoms with van der Waals surface area (Å²) in [7, 11) is 4.77. The van der Waals surface area contributed by atoms with Gasteiger partial charge in [-0.15, -0.1) is 0 Å². The second-order valence-electron chi connectivity index (χ2n) is 12.6. The molecule has 2 aliphatic heterocycles. The van der Waals surface area contributed by atoms with E-state index in [0.717, 1.165) is 58.1 Å². The Hall–Kier alpha value is -4.75. The van der Waals surface area contributed by atoms with Crippen molar-refractivity contribution in [3.63, 3.8) is 0 Å². The van der Waals surface area contributed by atoms with Crippen LogP contribution in [0.5, 0.6) is 17.5 Å². The van der Waals surface area contributed by atoms with Gasteiger partial charge in [0.1, 0.15) is 11.8 Å². The zero-order valence-corrected chi connectivity index (χ0v) is 28.9. The molecule has 3 aromatic heterocycles. The number of β-amino-alcohol motifs (C(OH)–C–C–N with tert-alkyl or cyclic N) is 1. The first kappa shape index (κ1) is 33.7. The molecular formula is C37H39ClN6O6. The average Bonchev–Trinajstić information content (AvgIpc) is 3.89. The summed E-state index contributed by atoms with van der Waals surface area (Å²) in [6, 6.07) is 17.0. The van der Waals surface area contributed by atoms with Crippen molar-refractivity contribution in [2.75, 3.05) is 41.0 Å². The number of likely N-dealkylation sites (tertiary alicyclic amines) is 2. The van der Waals surface area contributed by atoms with Gasteiger partial charge in [-0.25, -0.2) is 9.67 Å². The van der Waals surface area contributed by atoms with E-state index in [1.165, 1.54) is 0 Å². The normalized spacial score (nSPS) is 18.2. The first-order valence-corrected chi connectivity index (χ1v) is 17.0. The Morgan fingerprint density at radius 1 is 0.920 bits per heavy atom. The number of hydrogen-bond acceptors (Lipinski definition) is 10. The van der Waals surface area contributed by atoms with Gasteiger partial charge in [0, 0.05) is 54.3 Å². The summed E-state index contributed by atoms with van der Waals surface area (Å²) in [6.07, 6.45) is 3.67. The van der Waals surface area contributed by atoms with E-state index < -0.39 is 12.0 Å². The van der Waals surface area contributed by atoms with Crippen LogP contribution < -0.4 is 14.2 Å². The molecule has 5 aromatic rings. The molecule has 2 N–H and O–H groups in total. The molecule has 2 fully saturated rings. The van der Waals surface area contributed by atoms with Crippen LogP contribution >= 0.6 is 11.6 Å². The number of halogens is 1. The number of rotatable bonds is 11. The monoisotopic (exact) mass is 698 g/mol. The van der Waals surface area contributed by atoms with Crippen LogP contribution in [0, 0.1) is 0 Å². The summed E-state index contributed by atoms with van der Waals surface area (Å²) in [6.45, 7) is 3.07. The van der Waals surface area contributed by atoms with Crippen LogP contribution in [-0.4, -0.2) is 98.8 Å². The van der Waals surface area contributed by atoms with E-state index in [0.29, 0.717) is 66.6 Å². The van der Waals surface area contributed by atoms with Crippen molar-refractivity contribution in [2.24, 2.45) is 0 Å². The van der Waals surface area contributed by atoms with Crippen LogP contribution in [0.25, 0.3) is 39.1 Å². The number of fused-ring (bicyclic) bond motifs is 1. The van der Waals surface area contributed by atoms with Crippen LogP contribution in [0.1, 0.15) is 30.4 Å². The summed E-state index contributed by atoms with van der Waals surface area (Å²) < 4.78 is 19.0. The highest BCUT2D eigenvalue weighted by atomic mass is 35.5. The molecule has 13 heteroatoms. The molecule has 0 amide bonds. The molecule has 2 saturated heterocycles. The third-order valence-electron chi connectivity index (χ3n) is 9.62. The molecule has 0 aliphatic carbocycles. The van der Waals surface area contributed by atoms with Crippen LogP contribution in [0.2, 0.25) is 5.02 Å². The Morgan fingerprint density at radius 3 is 2.44 bits per heavy atom. The van der Waals surface area contributed by atoms with Gasteiger partial charge < -0.3 is 24.4 Å². The van der Waals surface area contributed by atoms with Crippen LogP contribution in [0.4, 0.5) is 0 Å². The molecule has 0 unspecified atom stereocenters. The Labute approximate surface area is 294 Å². The highest BCUT2D eigenvalue weighted by Gasteiger charge is 2.31. The summed E-state index contributed by atoms with van der Waals surface area (Å²) in [5.41, 5.74) is 5.53. The molecule has 5 heterocycles. The molecular weight excluding hydrogens is 660 g/mol. The minimum absolute atomic E-state index is 0.336. The van der Waals surface area contributed by atoms with Crippen molar-refractivity contribution < 1.29 is 29.2 Å². The number of carboxylic acid groups (broad SMARTS) is 1. The molecule has 0 saturated carbocycles. The third kappa shape index (κ3) is 6.35. The minimum Gasteiger partial charge on any atom is -0.496 e. The Kier molecular flexibility index (Phi) is 9.60. The highest BCUT2D eigenvalue weighted by Crippen LogP contribution is 2.40. The van der Waals surface area contributed by atoms with Gasteiger partial charge in [-0.2, -0.15) is 10.1 Å². The summed E-state index contributed by atoms with van der Waals surface area (Å²) in [4.78, 5) is 25.5. The largest absolute Gasteiger partial charge is 0.496 e. The predicted molar refractivity (Wildman–Crippen MR) is 189 cm³/mol. The first-order valence-electron chi connectivity index (χ1n) is 16.6. The fraction of sp³-hybridized carbons (Fsp3) is 0.351. The molecule has 2 atom stereocenters. The van der Waals surface area contributed by atoms with Crippen molar-refractivity contribution in [3.05, 3.63) is 76.9 Å². The van der Waals surface area contributed by atoms with Crippen LogP contribution in [0.3, 0.4) is 0 Å². The second-order valence-corrected chi connectivity index (χ2v) is 13.0. The SMILES string of the molecule is COc1cc(-n2ncc3c(-c4cccc(-c5ccc(CN6CCC[C@H]6C(=O)O)c(OC)n5)c4Cl)cccc32)nc(OC)c1CN1CC[C@@H](O)C1. The number of benzene rings is 2. The summed E-state index contributed by atoms with van der Waals surface area (Å²) in [5, 5.41) is 25.8. The van der Waals surface area contributed by atoms with E-state index in [-0.39, 0.29) is 6.10 Å². The molecule has 0 spiro atoms. The third-order valence-corrected chi connectivity index (χ3v) is 10.0. The average molecular weight is 699 g/mol. The Morgan fingerprint density at radius 2 is 1.70 bits per heavy atom. The van der Waals surface area contributed by atoms with Gasteiger partial charge in [0.05, 0.1) is 55.4 Å². The number of pyridine rings is 2. The fourth-order valence-electron chi connectivity index (χ4n) is 7.13. The lowest BCUT2D eigenvalue weighted by molar-refractivity contribution is -0.142. The second kappa shape index (κ2) is 14.2. The quantitative estimate of drug-likeness (QED) is 0.183. The maximum Gasteiger partial charge on any atom is 0.320 e. The number of aliphatic hydroxyl groups is 1. The number of aromatic nitrogens is 4. The summed E-state index contributed by atoms with van der Waals surface area (Å²) >= 11 is 7.16. The van der Waals surface area contributed by atoms with Gasteiger partial charge in [0.15, 0.2) is 5.82 Å². The van der Waals surface area contributed by atoms with E-state index in [4.69, 9.17) is 40.9 Å². The van der Waals surface area contributed by atoms with Gasteiger partial charge in [0.25, 0.3) is 0 Å². The Bertz CT molecular complexity index is 2030. The zero-order chi connectivity index (χ0) is 34.9. The van der Waals surface area contributed by atoms with Crippen LogP contribution in [0.15, 0.2) is 60.8 Å². The number of hydrogen-bond donors (Lipinski definition) is 2. The van der Waals surface area contributed by atoms with E-state index >= 15 is 0 Å². The number of carbonyl (C=O) groups is 1. The highest BCUT2D eigenvalue weighted by molar-refractivity contribution is 6.36. The van der Waals surface area contributed by atoms with Crippen molar-refractivity contribution in [2.45, 2.75) is 44.5 Å². The lowest BCUT2D eigenvalue weighted by Crippen LogP contribution is -2.35. The van der Waals surface area contributed by atoms with E-state index in [1.54, 1.807) is 32.2 Å². The molecule has 2 aromatic carbocycles. The van der Waals surface area contributed by atoms with E-state index in [9.17, 15) is 15.0 Å². The zero-order valence-electron chi connectivity index (χ0n) is 28.2. The Balaban J connectivity index is 1.22. The molecule has 12 nitrogen and oxygen atoms in total. The predicted octanol–water partition coefficient (Wildman–Crippen LogP) is 5.44. The molecule has 0 radical (unpaired) electrons. The molecule has 2 aliphatic rings. The number of aliphatic hydroxyl groups excluding tert-OH is 1. The molecule has 7 rings (SSSR count). The lowest BCUT2D eigenvalue weighted by atomic mass is 9.98. The van der Waals surface area contributed by atoms with E-state index in [2.05, 4.69) is 4.90 Å². The van der Waals surface area contributed by atoms with Crippen molar-refractivity contribution in [1.29, 1.82) is 0 Å². The number of methoxy groups -OCH3 is 3. The number of nitrogens with zero attached hydrogens (tertiary/aromatic N) is 6. The van der Waals surface area contributed by atoms with E-state index in [1.807, 2.05) is 59.5 Å². The molecule has 260 valence electrons. The summed E-state index contributed by atoms with van der Waals surface area (Å²) in [5.74, 6) is 1.23.